The fourth-order valence-corrected chi connectivity index (χ4v) is 3.95. The van der Waals surface area contributed by atoms with Gasteiger partial charge >= 0.3 is 0 Å². The number of benzene rings is 1. The quantitative estimate of drug-likeness (QED) is 0.666. The van der Waals surface area contributed by atoms with Crippen LogP contribution in [0.15, 0.2) is 53.9 Å². The minimum absolute atomic E-state index is 0.156. The molecule has 0 saturated carbocycles. The van der Waals surface area contributed by atoms with Crippen molar-refractivity contribution in [3.8, 4) is 16.3 Å². The van der Waals surface area contributed by atoms with Gasteiger partial charge in [-0.1, -0.05) is 18.2 Å². The highest BCUT2D eigenvalue weighted by Gasteiger charge is 2.22. The van der Waals surface area contributed by atoms with Gasteiger partial charge in [-0.25, -0.2) is 0 Å². The Morgan fingerprint density at radius 2 is 1.82 bits per heavy atom. The minimum atomic E-state index is 0.156. The van der Waals surface area contributed by atoms with E-state index in [0.717, 1.165) is 40.8 Å². The zero-order chi connectivity index (χ0) is 19.3. The lowest BCUT2D eigenvalue weighted by atomic mass is 10.1. The number of piperazine rings is 1. The van der Waals surface area contributed by atoms with Crippen molar-refractivity contribution in [1.82, 2.24) is 15.1 Å². The lowest BCUT2D eigenvalue weighted by Crippen LogP contribution is -2.49. The van der Waals surface area contributed by atoms with Crippen molar-refractivity contribution in [2.24, 2.45) is 0 Å². The number of aromatic nitrogens is 2. The first-order chi connectivity index (χ1) is 13.7. The molecular formula is C21H22N4O2S. The van der Waals surface area contributed by atoms with Crippen molar-refractivity contribution in [3.05, 3.63) is 59.5 Å². The first kappa shape index (κ1) is 18.4. The summed E-state index contributed by atoms with van der Waals surface area (Å²) < 4.78 is 5.16. The molecule has 1 amide bonds. The Hall–Kier alpha value is -2.93. The number of anilines is 1. The SMILES string of the molecule is COc1ccc(CC(=O)N2CCN(c3ccc(-c4cccs4)nn3)CC2)cc1. The molecule has 3 aromatic rings. The molecule has 1 saturated heterocycles. The highest BCUT2D eigenvalue weighted by Crippen LogP contribution is 2.23. The van der Waals surface area contributed by atoms with Crippen LogP contribution in [0.4, 0.5) is 5.82 Å². The maximum absolute atomic E-state index is 12.6. The Kier molecular flexibility index (Phi) is 5.53. The fourth-order valence-electron chi connectivity index (χ4n) is 3.26. The van der Waals surface area contributed by atoms with Crippen molar-refractivity contribution >= 4 is 23.1 Å². The van der Waals surface area contributed by atoms with Gasteiger partial charge in [-0.05, 0) is 41.3 Å². The van der Waals surface area contributed by atoms with E-state index < -0.39 is 0 Å². The van der Waals surface area contributed by atoms with Crippen molar-refractivity contribution < 1.29 is 9.53 Å². The normalized spacial score (nSPS) is 14.2. The summed E-state index contributed by atoms with van der Waals surface area (Å²) in [6, 6.07) is 15.7. The maximum Gasteiger partial charge on any atom is 0.227 e. The molecule has 0 radical (unpaired) electrons. The van der Waals surface area contributed by atoms with E-state index in [1.165, 1.54) is 0 Å². The molecular weight excluding hydrogens is 372 g/mol. The Balaban J connectivity index is 1.31. The van der Waals surface area contributed by atoms with E-state index in [9.17, 15) is 4.79 Å². The number of nitrogens with zero attached hydrogens (tertiary/aromatic N) is 4. The first-order valence-electron chi connectivity index (χ1n) is 9.26. The van der Waals surface area contributed by atoms with E-state index >= 15 is 0 Å². The van der Waals surface area contributed by atoms with Gasteiger partial charge in [-0.2, -0.15) is 0 Å². The third kappa shape index (κ3) is 4.14. The molecule has 0 bridgehead atoms. The second kappa shape index (κ2) is 8.39. The average Bonchev–Trinajstić information content (AvgIpc) is 3.29. The molecule has 0 N–H and O–H groups in total. The van der Waals surface area contributed by atoms with E-state index in [-0.39, 0.29) is 5.91 Å². The average molecular weight is 395 g/mol. The van der Waals surface area contributed by atoms with Gasteiger partial charge in [-0.3, -0.25) is 4.79 Å². The second-order valence-electron chi connectivity index (χ2n) is 6.65. The number of rotatable bonds is 5. The summed E-state index contributed by atoms with van der Waals surface area (Å²) in [5, 5.41) is 10.8. The number of ether oxygens (including phenoxy) is 1. The smallest absolute Gasteiger partial charge is 0.227 e. The van der Waals surface area contributed by atoms with Crippen molar-refractivity contribution in [2.75, 3.05) is 38.2 Å². The van der Waals surface area contributed by atoms with Gasteiger partial charge in [0.2, 0.25) is 5.91 Å². The number of thiophene rings is 1. The Bertz CT molecular complexity index is 903. The predicted octanol–water partition coefficient (Wildman–Crippen LogP) is 3.11. The highest BCUT2D eigenvalue weighted by atomic mass is 32.1. The van der Waals surface area contributed by atoms with Gasteiger partial charge in [0.15, 0.2) is 5.82 Å². The molecule has 7 heteroatoms. The number of hydrogen-bond donors (Lipinski definition) is 0. The van der Waals surface area contributed by atoms with E-state index in [0.29, 0.717) is 19.5 Å². The Morgan fingerprint density at radius 3 is 2.43 bits per heavy atom. The maximum atomic E-state index is 12.6. The van der Waals surface area contributed by atoms with Gasteiger partial charge in [0, 0.05) is 26.2 Å². The third-order valence-corrected chi connectivity index (χ3v) is 5.79. The van der Waals surface area contributed by atoms with Crippen LogP contribution in [0.25, 0.3) is 10.6 Å². The Morgan fingerprint density at radius 1 is 1.04 bits per heavy atom. The molecule has 0 unspecified atom stereocenters. The lowest BCUT2D eigenvalue weighted by Gasteiger charge is -2.35. The van der Waals surface area contributed by atoms with Gasteiger partial charge in [-0.15, -0.1) is 21.5 Å². The summed E-state index contributed by atoms with van der Waals surface area (Å²) in [6.45, 7) is 2.93. The van der Waals surface area contributed by atoms with Gasteiger partial charge in [0.25, 0.3) is 0 Å². The van der Waals surface area contributed by atoms with Crippen LogP contribution in [-0.2, 0) is 11.2 Å². The molecule has 144 valence electrons. The van der Waals surface area contributed by atoms with Crippen LogP contribution in [0.3, 0.4) is 0 Å². The van der Waals surface area contributed by atoms with E-state index in [2.05, 4.69) is 15.1 Å². The molecule has 1 aliphatic heterocycles. The zero-order valence-corrected chi connectivity index (χ0v) is 16.6. The van der Waals surface area contributed by atoms with E-state index in [1.807, 2.05) is 58.8 Å². The van der Waals surface area contributed by atoms with E-state index in [4.69, 9.17) is 4.74 Å². The molecule has 28 heavy (non-hydrogen) atoms. The van der Waals surface area contributed by atoms with Gasteiger partial charge < -0.3 is 14.5 Å². The summed E-state index contributed by atoms with van der Waals surface area (Å²) in [5.74, 6) is 1.82. The van der Waals surface area contributed by atoms with E-state index in [1.54, 1.807) is 18.4 Å². The van der Waals surface area contributed by atoms with Crippen molar-refractivity contribution in [2.45, 2.75) is 6.42 Å². The molecule has 0 aliphatic carbocycles. The molecule has 0 atom stereocenters. The largest absolute Gasteiger partial charge is 0.497 e. The molecule has 4 rings (SSSR count). The molecule has 6 nitrogen and oxygen atoms in total. The van der Waals surface area contributed by atoms with Crippen LogP contribution in [0, 0.1) is 0 Å². The summed E-state index contributed by atoms with van der Waals surface area (Å²) in [5.41, 5.74) is 1.90. The number of amides is 1. The van der Waals surface area contributed by atoms with Crippen LogP contribution in [0.1, 0.15) is 5.56 Å². The summed E-state index contributed by atoms with van der Waals surface area (Å²) >= 11 is 1.66. The summed E-state index contributed by atoms with van der Waals surface area (Å²) in [4.78, 5) is 17.8. The van der Waals surface area contributed by atoms with Crippen LogP contribution >= 0.6 is 11.3 Å². The molecule has 0 spiro atoms. The predicted molar refractivity (Wildman–Crippen MR) is 111 cm³/mol. The van der Waals surface area contributed by atoms with Gasteiger partial charge in [0.1, 0.15) is 11.4 Å². The molecule has 1 aromatic carbocycles. The molecule has 3 heterocycles. The topological polar surface area (TPSA) is 58.6 Å². The van der Waals surface area contributed by atoms with Crippen LogP contribution in [-0.4, -0.2) is 54.3 Å². The minimum Gasteiger partial charge on any atom is -0.497 e. The lowest BCUT2D eigenvalue weighted by molar-refractivity contribution is -0.130. The Labute approximate surface area is 168 Å². The number of methoxy groups -OCH3 is 1. The third-order valence-electron chi connectivity index (χ3n) is 4.89. The van der Waals surface area contributed by atoms with Crippen LogP contribution in [0.2, 0.25) is 0 Å². The second-order valence-corrected chi connectivity index (χ2v) is 7.59. The van der Waals surface area contributed by atoms with Crippen LogP contribution in [0.5, 0.6) is 5.75 Å². The fraction of sp³-hybridized carbons (Fsp3) is 0.286. The highest BCUT2D eigenvalue weighted by molar-refractivity contribution is 7.13. The number of carbonyl (C=O) groups is 1. The van der Waals surface area contributed by atoms with Crippen molar-refractivity contribution in [3.63, 3.8) is 0 Å². The summed E-state index contributed by atoms with van der Waals surface area (Å²) in [7, 11) is 1.64. The number of hydrogen-bond acceptors (Lipinski definition) is 6. The first-order valence-corrected chi connectivity index (χ1v) is 10.1. The standard InChI is InChI=1S/C21H22N4O2S/c1-27-17-6-4-16(5-7-17)15-21(26)25-12-10-24(11-13-25)20-9-8-18(22-23-20)19-3-2-14-28-19/h2-9,14H,10-13,15H2,1H3. The van der Waals surface area contributed by atoms with Crippen molar-refractivity contribution in [1.29, 1.82) is 0 Å². The molecule has 1 aliphatic rings. The number of carbonyl (C=O) groups excluding carboxylic acids is 1. The van der Waals surface area contributed by atoms with Gasteiger partial charge in [0.05, 0.1) is 18.4 Å². The molecule has 2 aromatic heterocycles. The zero-order valence-electron chi connectivity index (χ0n) is 15.7. The van der Waals surface area contributed by atoms with Crippen LogP contribution < -0.4 is 9.64 Å². The summed E-state index contributed by atoms with van der Waals surface area (Å²) in [6.07, 6.45) is 0.416. The monoisotopic (exact) mass is 394 g/mol. The molecule has 1 fully saturated rings.